The largest absolute Gasteiger partial charge is 0.478 e. The number of rotatable bonds is 3. The number of aromatic nitrogens is 1. The van der Waals surface area contributed by atoms with Crippen molar-refractivity contribution in [1.29, 1.82) is 0 Å². The van der Waals surface area contributed by atoms with Crippen molar-refractivity contribution in [3.8, 4) is 11.1 Å². The summed E-state index contributed by atoms with van der Waals surface area (Å²) in [5, 5.41) is 11.4. The molecule has 3 aromatic rings. The first-order chi connectivity index (χ1) is 11.6. The van der Waals surface area contributed by atoms with Gasteiger partial charge in [0.25, 0.3) is 0 Å². The van der Waals surface area contributed by atoms with Gasteiger partial charge < -0.3 is 5.11 Å². The van der Waals surface area contributed by atoms with Gasteiger partial charge in [-0.3, -0.25) is 4.98 Å². The predicted octanol–water partition coefficient (Wildman–Crippen LogP) is 5.78. The highest BCUT2D eigenvalue weighted by atomic mass is 35.5. The number of carboxylic acids is 1. The lowest BCUT2D eigenvalue weighted by Crippen LogP contribution is -2.08. The molecule has 1 fully saturated rings. The Hall–Kier alpha value is -2.10. The Labute approximate surface area is 148 Å². The quantitative estimate of drug-likeness (QED) is 0.645. The van der Waals surface area contributed by atoms with Gasteiger partial charge in [0.05, 0.1) is 26.8 Å². The molecule has 0 atom stereocenters. The molecule has 120 valence electrons. The Morgan fingerprint density at radius 1 is 1.08 bits per heavy atom. The molecule has 24 heavy (non-hydrogen) atoms. The van der Waals surface area contributed by atoms with Crippen LogP contribution in [0, 0.1) is 0 Å². The van der Waals surface area contributed by atoms with Crippen LogP contribution in [0.5, 0.6) is 0 Å². The molecule has 1 heterocycles. The molecule has 5 heteroatoms. The first kappa shape index (κ1) is 15.4. The van der Waals surface area contributed by atoms with Gasteiger partial charge in [-0.25, -0.2) is 4.79 Å². The number of hydrogen-bond acceptors (Lipinski definition) is 2. The first-order valence-electron chi connectivity index (χ1n) is 7.67. The normalized spacial score (nSPS) is 14.1. The van der Waals surface area contributed by atoms with E-state index in [0.29, 0.717) is 32.2 Å². The minimum Gasteiger partial charge on any atom is -0.478 e. The van der Waals surface area contributed by atoms with E-state index in [4.69, 9.17) is 23.2 Å². The molecule has 1 N–H and O–H groups in total. The fraction of sp³-hybridized carbons (Fsp3) is 0.158. The van der Waals surface area contributed by atoms with Crippen molar-refractivity contribution in [1.82, 2.24) is 4.98 Å². The minimum absolute atomic E-state index is 0.206. The van der Waals surface area contributed by atoms with Crippen molar-refractivity contribution in [2.75, 3.05) is 0 Å². The summed E-state index contributed by atoms with van der Waals surface area (Å²) in [6, 6.07) is 12.9. The molecule has 1 aliphatic rings. The molecule has 0 spiro atoms. The lowest BCUT2D eigenvalue weighted by Gasteiger charge is -2.15. The van der Waals surface area contributed by atoms with E-state index in [1.54, 1.807) is 12.1 Å². The lowest BCUT2D eigenvalue weighted by molar-refractivity contribution is 0.0696. The molecule has 0 amide bonds. The Morgan fingerprint density at radius 3 is 2.38 bits per heavy atom. The zero-order valence-electron chi connectivity index (χ0n) is 12.6. The Bertz CT molecular complexity index is 966. The highest BCUT2D eigenvalue weighted by Crippen LogP contribution is 2.45. The number of nitrogens with zero attached hydrogens (tertiary/aromatic N) is 1. The third-order valence-electron chi connectivity index (χ3n) is 4.30. The summed E-state index contributed by atoms with van der Waals surface area (Å²) in [6.45, 7) is 0. The molecule has 4 rings (SSSR count). The second kappa shape index (κ2) is 5.76. The summed E-state index contributed by atoms with van der Waals surface area (Å²) in [5.74, 6) is -0.756. The number of halogens is 2. The second-order valence-corrected chi connectivity index (χ2v) is 6.79. The fourth-order valence-electron chi connectivity index (χ4n) is 3.05. The SMILES string of the molecule is O=C(O)c1c(C2CC2)nc2cc(Cl)c(Cl)cc2c1-c1ccccc1. The van der Waals surface area contributed by atoms with Crippen molar-refractivity contribution in [2.24, 2.45) is 0 Å². The van der Waals surface area contributed by atoms with Gasteiger partial charge in [0.15, 0.2) is 0 Å². The maximum atomic E-state index is 12.0. The van der Waals surface area contributed by atoms with Crippen LogP contribution in [0.1, 0.15) is 34.8 Å². The molecular weight excluding hydrogens is 345 g/mol. The zero-order chi connectivity index (χ0) is 16.8. The smallest absolute Gasteiger partial charge is 0.338 e. The average Bonchev–Trinajstić information content (AvgIpc) is 3.40. The zero-order valence-corrected chi connectivity index (χ0v) is 14.1. The van der Waals surface area contributed by atoms with Crippen LogP contribution in [0.2, 0.25) is 10.0 Å². The van der Waals surface area contributed by atoms with Crippen LogP contribution in [-0.4, -0.2) is 16.1 Å². The summed E-state index contributed by atoms with van der Waals surface area (Å²) in [7, 11) is 0. The Balaban J connectivity index is 2.17. The topological polar surface area (TPSA) is 50.2 Å². The van der Waals surface area contributed by atoms with Gasteiger partial charge in [0, 0.05) is 16.9 Å². The lowest BCUT2D eigenvalue weighted by atomic mass is 9.93. The van der Waals surface area contributed by atoms with E-state index >= 15 is 0 Å². The molecule has 1 saturated carbocycles. The molecule has 0 bridgehead atoms. The maximum absolute atomic E-state index is 12.0. The number of hydrogen-bond donors (Lipinski definition) is 1. The molecule has 0 saturated heterocycles. The van der Waals surface area contributed by atoms with Gasteiger partial charge in [0.2, 0.25) is 0 Å². The maximum Gasteiger partial charge on any atom is 0.338 e. The van der Waals surface area contributed by atoms with E-state index in [0.717, 1.165) is 18.4 Å². The second-order valence-electron chi connectivity index (χ2n) is 5.98. The fourth-order valence-corrected chi connectivity index (χ4v) is 3.37. The van der Waals surface area contributed by atoms with Gasteiger partial charge in [0.1, 0.15) is 0 Å². The third-order valence-corrected chi connectivity index (χ3v) is 5.02. The van der Waals surface area contributed by atoms with E-state index in [9.17, 15) is 9.90 Å². The number of carbonyl (C=O) groups is 1. The van der Waals surface area contributed by atoms with Crippen LogP contribution in [0.25, 0.3) is 22.0 Å². The van der Waals surface area contributed by atoms with Crippen LogP contribution in [0.15, 0.2) is 42.5 Å². The summed E-state index contributed by atoms with van der Waals surface area (Å²) < 4.78 is 0. The van der Waals surface area contributed by atoms with Crippen molar-refractivity contribution >= 4 is 40.1 Å². The summed E-state index contributed by atoms with van der Waals surface area (Å²) in [6.07, 6.45) is 1.93. The van der Waals surface area contributed by atoms with E-state index in [-0.39, 0.29) is 11.5 Å². The monoisotopic (exact) mass is 357 g/mol. The first-order valence-corrected chi connectivity index (χ1v) is 8.43. The van der Waals surface area contributed by atoms with E-state index in [2.05, 4.69) is 4.98 Å². The van der Waals surface area contributed by atoms with Crippen LogP contribution in [0.4, 0.5) is 0 Å². The molecule has 1 aliphatic carbocycles. The van der Waals surface area contributed by atoms with Gasteiger partial charge >= 0.3 is 5.97 Å². The standard InChI is InChI=1S/C19H13Cl2NO2/c20-13-8-12-15(9-14(13)21)22-18(11-6-7-11)17(19(23)24)16(12)10-4-2-1-3-5-10/h1-5,8-9,11H,6-7H2,(H,23,24). The van der Waals surface area contributed by atoms with Crippen molar-refractivity contribution in [2.45, 2.75) is 18.8 Å². The van der Waals surface area contributed by atoms with Gasteiger partial charge in [-0.2, -0.15) is 0 Å². The highest BCUT2D eigenvalue weighted by Gasteiger charge is 2.33. The van der Waals surface area contributed by atoms with Crippen LogP contribution in [-0.2, 0) is 0 Å². The third kappa shape index (κ3) is 2.54. The summed E-state index contributed by atoms with van der Waals surface area (Å²) >= 11 is 12.3. The molecule has 0 unspecified atom stereocenters. The minimum atomic E-state index is -0.962. The molecule has 2 aromatic carbocycles. The number of fused-ring (bicyclic) bond motifs is 1. The van der Waals surface area contributed by atoms with E-state index in [1.807, 2.05) is 30.3 Å². The molecule has 0 radical (unpaired) electrons. The van der Waals surface area contributed by atoms with Gasteiger partial charge in [-0.05, 0) is 30.5 Å². The van der Waals surface area contributed by atoms with E-state index < -0.39 is 5.97 Å². The number of aromatic carboxylic acids is 1. The Kier molecular flexibility index (Phi) is 3.70. The van der Waals surface area contributed by atoms with Gasteiger partial charge in [-0.15, -0.1) is 0 Å². The molecule has 0 aliphatic heterocycles. The molecule has 3 nitrogen and oxygen atoms in total. The number of pyridine rings is 1. The molecule has 1 aromatic heterocycles. The summed E-state index contributed by atoms with van der Waals surface area (Å²) in [4.78, 5) is 16.7. The number of benzene rings is 2. The average molecular weight is 358 g/mol. The Morgan fingerprint density at radius 2 is 1.75 bits per heavy atom. The predicted molar refractivity (Wildman–Crippen MR) is 96.1 cm³/mol. The van der Waals surface area contributed by atoms with E-state index in [1.165, 1.54) is 0 Å². The van der Waals surface area contributed by atoms with Crippen molar-refractivity contribution in [3.63, 3.8) is 0 Å². The van der Waals surface area contributed by atoms with Gasteiger partial charge in [-0.1, -0.05) is 53.5 Å². The van der Waals surface area contributed by atoms with Crippen LogP contribution < -0.4 is 0 Å². The van der Waals surface area contributed by atoms with Crippen LogP contribution >= 0.6 is 23.2 Å². The highest BCUT2D eigenvalue weighted by molar-refractivity contribution is 6.43. The van der Waals surface area contributed by atoms with Crippen molar-refractivity contribution < 1.29 is 9.90 Å². The molecular formula is C19H13Cl2NO2. The summed E-state index contributed by atoms with van der Waals surface area (Å²) in [5.41, 5.74) is 3.09. The van der Waals surface area contributed by atoms with Crippen LogP contribution in [0.3, 0.4) is 0 Å². The number of carboxylic acid groups (broad SMARTS) is 1. The van der Waals surface area contributed by atoms with Crippen molar-refractivity contribution in [3.05, 3.63) is 63.8 Å².